The SMILES string of the molecule is O=C(NC1CN(c2ccc([N+](=O)[O-])cn2)CCC1c1ccc(F)cc1)C(F)(F)F. The number of hydrogen-bond acceptors (Lipinski definition) is 5. The molecule has 154 valence electrons. The first-order chi connectivity index (χ1) is 13.6. The first kappa shape index (κ1) is 20.5. The van der Waals surface area contributed by atoms with Crippen LogP contribution in [0.15, 0.2) is 42.6 Å². The van der Waals surface area contributed by atoms with Crippen LogP contribution in [0.3, 0.4) is 0 Å². The number of hydrogen-bond donors (Lipinski definition) is 1. The minimum atomic E-state index is -5.04. The number of piperidine rings is 1. The van der Waals surface area contributed by atoms with Crippen molar-refractivity contribution in [3.8, 4) is 0 Å². The summed E-state index contributed by atoms with van der Waals surface area (Å²) in [6.07, 6.45) is -3.61. The van der Waals surface area contributed by atoms with Crippen molar-refractivity contribution in [1.29, 1.82) is 0 Å². The van der Waals surface area contributed by atoms with E-state index in [0.717, 1.165) is 6.20 Å². The Kier molecular flexibility index (Phi) is 5.66. The second-order valence-electron chi connectivity index (χ2n) is 6.60. The molecule has 2 atom stereocenters. The maximum absolute atomic E-state index is 13.2. The van der Waals surface area contributed by atoms with Gasteiger partial charge in [0.2, 0.25) is 0 Å². The van der Waals surface area contributed by atoms with Gasteiger partial charge < -0.3 is 10.2 Å². The summed E-state index contributed by atoms with van der Waals surface area (Å²) in [6.45, 7) is 0.403. The van der Waals surface area contributed by atoms with Crippen molar-refractivity contribution < 1.29 is 27.3 Å². The lowest BCUT2D eigenvalue weighted by atomic mass is 9.85. The second-order valence-corrected chi connectivity index (χ2v) is 6.60. The minimum Gasteiger partial charge on any atom is -0.355 e. The summed E-state index contributed by atoms with van der Waals surface area (Å²) < 4.78 is 51.5. The lowest BCUT2D eigenvalue weighted by Crippen LogP contribution is -2.54. The molecule has 1 aromatic carbocycles. The van der Waals surface area contributed by atoms with Gasteiger partial charge in [-0.25, -0.2) is 9.37 Å². The van der Waals surface area contributed by atoms with Crippen LogP contribution in [-0.2, 0) is 4.79 Å². The van der Waals surface area contributed by atoms with Crippen molar-refractivity contribution in [1.82, 2.24) is 10.3 Å². The van der Waals surface area contributed by atoms with Gasteiger partial charge in [-0.2, -0.15) is 13.2 Å². The van der Waals surface area contributed by atoms with Crippen LogP contribution in [0.1, 0.15) is 17.9 Å². The van der Waals surface area contributed by atoms with Gasteiger partial charge in [0.1, 0.15) is 17.8 Å². The number of carbonyl (C=O) groups is 1. The van der Waals surface area contributed by atoms with Gasteiger partial charge >= 0.3 is 12.1 Å². The molecule has 0 aliphatic carbocycles. The number of nitrogens with one attached hydrogen (secondary N) is 1. The van der Waals surface area contributed by atoms with Gasteiger partial charge in [-0.15, -0.1) is 0 Å². The Morgan fingerprint density at radius 3 is 2.45 bits per heavy atom. The van der Waals surface area contributed by atoms with Crippen molar-refractivity contribution in [2.24, 2.45) is 0 Å². The molecule has 2 heterocycles. The summed E-state index contributed by atoms with van der Waals surface area (Å²) in [5.41, 5.74) is 0.395. The number of nitrogens with zero attached hydrogens (tertiary/aromatic N) is 3. The molecule has 1 saturated heterocycles. The van der Waals surface area contributed by atoms with E-state index in [2.05, 4.69) is 4.98 Å². The number of pyridine rings is 1. The third-order valence-corrected chi connectivity index (χ3v) is 4.75. The molecule has 1 aliphatic rings. The monoisotopic (exact) mass is 412 g/mol. The van der Waals surface area contributed by atoms with Gasteiger partial charge in [-0.05, 0) is 30.2 Å². The van der Waals surface area contributed by atoms with Crippen molar-refractivity contribution in [2.75, 3.05) is 18.0 Å². The highest BCUT2D eigenvalue weighted by molar-refractivity contribution is 5.82. The molecule has 11 heteroatoms. The second kappa shape index (κ2) is 8.02. The summed E-state index contributed by atoms with van der Waals surface area (Å²) in [5.74, 6) is -2.65. The number of anilines is 1. The number of nitro groups is 1. The highest BCUT2D eigenvalue weighted by atomic mass is 19.4. The fraction of sp³-hybridized carbons (Fsp3) is 0.333. The van der Waals surface area contributed by atoms with Gasteiger partial charge in [-0.3, -0.25) is 14.9 Å². The number of benzene rings is 1. The molecule has 1 aliphatic heterocycles. The lowest BCUT2D eigenvalue weighted by molar-refractivity contribution is -0.385. The van der Waals surface area contributed by atoms with Crippen molar-refractivity contribution in [3.63, 3.8) is 0 Å². The van der Waals surface area contributed by atoms with Crippen LogP contribution < -0.4 is 10.2 Å². The number of aromatic nitrogens is 1. The molecule has 2 aromatic rings. The minimum absolute atomic E-state index is 0.00861. The fourth-order valence-corrected chi connectivity index (χ4v) is 3.34. The van der Waals surface area contributed by atoms with E-state index in [1.807, 2.05) is 5.32 Å². The molecule has 1 aromatic heterocycles. The maximum atomic E-state index is 13.2. The summed E-state index contributed by atoms with van der Waals surface area (Å²) in [7, 11) is 0. The van der Waals surface area contributed by atoms with Crippen molar-refractivity contribution >= 4 is 17.4 Å². The lowest BCUT2D eigenvalue weighted by Gasteiger charge is -2.39. The molecule has 1 N–H and O–H groups in total. The molecule has 2 unspecified atom stereocenters. The fourth-order valence-electron chi connectivity index (χ4n) is 3.34. The zero-order chi connectivity index (χ0) is 21.2. The van der Waals surface area contributed by atoms with Crippen molar-refractivity contribution in [2.45, 2.75) is 24.6 Å². The van der Waals surface area contributed by atoms with E-state index in [1.165, 1.54) is 36.4 Å². The number of amides is 1. The molecular formula is C18H16F4N4O3. The number of alkyl halides is 3. The molecule has 1 amide bonds. The van der Waals surface area contributed by atoms with Crippen LogP contribution in [-0.4, -0.2) is 41.1 Å². The van der Waals surface area contributed by atoms with Gasteiger partial charge in [-0.1, -0.05) is 12.1 Å². The maximum Gasteiger partial charge on any atom is 0.471 e. The summed E-state index contributed by atoms with van der Waals surface area (Å²) in [6, 6.07) is 7.11. The Morgan fingerprint density at radius 2 is 1.90 bits per heavy atom. The zero-order valence-corrected chi connectivity index (χ0v) is 14.9. The Balaban J connectivity index is 1.84. The van der Waals surface area contributed by atoms with Gasteiger partial charge in [0, 0.05) is 25.1 Å². The van der Waals surface area contributed by atoms with E-state index >= 15 is 0 Å². The summed E-state index contributed by atoms with van der Waals surface area (Å²) >= 11 is 0. The molecular weight excluding hydrogens is 396 g/mol. The predicted octanol–water partition coefficient (Wildman–Crippen LogP) is 3.17. The van der Waals surface area contributed by atoms with Crippen LogP contribution in [0.25, 0.3) is 0 Å². The number of rotatable bonds is 4. The Hall–Kier alpha value is -3.24. The van der Waals surface area contributed by atoms with E-state index < -0.39 is 34.8 Å². The molecule has 0 saturated carbocycles. The summed E-state index contributed by atoms with van der Waals surface area (Å²) in [5, 5.41) is 12.8. The normalized spacial score (nSPS) is 19.7. The number of carbonyl (C=O) groups excluding carboxylic acids is 1. The predicted molar refractivity (Wildman–Crippen MR) is 94.8 cm³/mol. The Labute approximate surface area is 162 Å². The van der Waals surface area contributed by atoms with Crippen LogP contribution >= 0.6 is 0 Å². The van der Waals surface area contributed by atoms with Crippen LogP contribution in [0.5, 0.6) is 0 Å². The van der Waals surface area contributed by atoms with E-state index in [0.29, 0.717) is 24.3 Å². The zero-order valence-electron chi connectivity index (χ0n) is 14.9. The molecule has 0 spiro atoms. The topological polar surface area (TPSA) is 88.4 Å². The third-order valence-electron chi connectivity index (χ3n) is 4.75. The first-order valence-electron chi connectivity index (χ1n) is 8.63. The molecule has 1 fully saturated rings. The smallest absolute Gasteiger partial charge is 0.355 e. The standard InChI is InChI=1S/C18H16F4N4O3/c19-12-3-1-11(2-4-12)14-7-8-25(10-15(14)24-17(27)18(20,21)22)16-6-5-13(9-23-16)26(28)29/h1-6,9,14-15H,7-8,10H2,(H,24,27). The van der Waals surface area contributed by atoms with Gasteiger partial charge in [0.25, 0.3) is 5.69 Å². The largest absolute Gasteiger partial charge is 0.471 e. The quantitative estimate of drug-likeness (QED) is 0.474. The van der Waals surface area contributed by atoms with Crippen LogP contribution in [0.2, 0.25) is 0 Å². The molecule has 7 nitrogen and oxygen atoms in total. The van der Waals surface area contributed by atoms with E-state index in [4.69, 9.17) is 0 Å². The first-order valence-corrected chi connectivity index (χ1v) is 8.63. The highest BCUT2D eigenvalue weighted by Crippen LogP contribution is 2.31. The molecule has 3 rings (SSSR count). The average molecular weight is 412 g/mol. The molecule has 29 heavy (non-hydrogen) atoms. The highest BCUT2D eigenvalue weighted by Gasteiger charge is 2.42. The number of halogens is 4. The van der Waals surface area contributed by atoms with Crippen LogP contribution in [0.4, 0.5) is 29.1 Å². The Bertz CT molecular complexity index is 887. The van der Waals surface area contributed by atoms with Crippen molar-refractivity contribution in [3.05, 3.63) is 64.1 Å². The molecule has 0 bridgehead atoms. The van der Waals surface area contributed by atoms with E-state index in [1.54, 1.807) is 4.90 Å². The average Bonchev–Trinajstić information content (AvgIpc) is 2.68. The molecule has 0 radical (unpaired) electrons. The Morgan fingerprint density at radius 1 is 1.21 bits per heavy atom. The van der Waals surface area contributed by atoms with Crippen LogP contribution in [0, 0.1) is 15.9 Å². The summed E-state index contributed by atoms with van der Waals surface area (Å²) in [4.78, 5) is 27.3. The van der Waals surface area contributed by atoms with Gasteiger partial charge in [0.15, 0.2) is 0 Å². The third kappa shape index (κ3) is 4.79. The van der Waals surface area contributed by atoms with E-state index in [-0.39, 0.29) is 12.2 Å². The van der Waals surface area contributed by atoms with E-state index in [9.17, 15) is 32.5 Å². The van der Waals surface area contributed by atoms with Gasteiger partial charge in [0.05, 0.1) is 11.0 Å².